The van der Waals surface area contributed by atoms with E-state index in [1.54, 1.807) is 18.2 Å². The number of nitro groups is 1. The number of nitrogen functional groups attached to an aromatic ring is 1. The third-order valence-corrected chi connectivity index (χ3v) is 3.09. The Hall–Kier alpha value is -2.41. The molecule has 0 aliphatic rings. The Balaban J connectivity index is 2.17. The molecule has 0 fully saturated rings. The van der Waals surface area contributed by atoms with Gasteiger partial charge in [0, 0.05) is 28.0 Å². The fourth-order valence-electron chi connectivity index (χ4n) is 1.61. The monoisotopic (exact) mass is 335 g/mol. The first-order valence-electron chi connectivity index (χ1n) is 5.58. The van der Waals surface area contributed by atoms with Crippen molar-refractivity contribution >= 4 is 38.9 Å². The highest BCUT2D eigenvalue weighted by Crippen LogP contribution is 2.21. The minimum absolute atomic E-state index is 0.0360. The lowest BCUT2D eigenvalue weighted by molar-refractivity contribution is -0.384. The van der Waals surface area contributed by atoms with Gasteiger partial charge in [0.1, 0.15) is 0 Å². The average molecular weight is 336 g/mol. The predicted molar refractivity (Wildman–Crippen MR) is 79.6 cm³/mol. The van der Waals surface area contributed by atoms with E-state index in [4.69, 9.17) is 5.73 Å². The predicted octanol–water partition coefficient (Wildman–Crippen LogP) is 3.19. The summed E-state index contributed by atoms with van der Waals surface area (Å²) in [5.41, 5.74) is 6.87. The molecule has 7 heteroatoms. The molecule has 0 bridgehead atoms. The zero-order valence-corrected chi connectivity index (χ0v) is 11.8. The van der Waals surface area contributed by atoms with Gasteiger partial charge in [0.25, 0.3) is 11.6 Å². The summed E-state index contributed by atoms with van der Waals surface area (Å²) in [5, 5.41) is 13.2. The summed E-state index contributed by atoms with van der Waals surface area (Å²) in [6, 6.07) is 10.5. The molecule has 2 aromatic carbocycles. The lowest BCUT2D eigenvalue weighted by Gasteiger charge is -2.07. The van der Waals surface area contributed by atoms with Crippen LogP contribution in [0.2, 0.25) is 0 Å². The number of hydrogen-bond acceptors (Lipinski definition) is 4. The third kappa shape index (κ3) is 3.12. The van der Waals surface area contributed by atoms with Crippen molar-refractivity contribution in [2.45, 2.75) is 0 Å². The Bertz CT molecular complexity index is 671. The molecule has 0 heterocycles. The van der Waals surface area contributed by atoms with E-state index in [0.29, 0.717) is 16.9 Å². The fraction of sp³-hybridized carbons (Fsp3) is 0. The second kappa shape index (κ2) is 5.70. The maximum atomic E-state index is 12.0. The van der Waals surface area contributed by atoms with Crippen molar-refractivity contribution in [3.8, 4) is 0 Å². The first-order chi connectivity index (χ1) is 9.47. The molecule has 0 unspecified atom stereocenters. The van der Waals surface area contributed by atoms with Crippen LogP contribution in [0.15, 0.2) is 46.9 Å². The van der Waals surface area contributed by atoms with E-state index in [1.807, 2.05) is 0 Å². The SMILES string of the molecule is Nc1cc(Br)ccc1C(=O)Nc1ccc([N+](=O)[O-])cc1. The molecule has 0 saturated carbocycles. The Morgan fingerprint density at radius 1 is 1.20 bits per heavy atom. The molecule has 0 aromatic heterocycles. The van der Waals surface area contributed by atoms with Gasteiger partial charge in [0.05, 0.1) is 10.5 Å². The van der Waals surface area contributed by atoms with E-state index in [-0.39, 0.29) is 11.6 Å². The van der Waals surface area contributed by atoms with Gasteiger partial charge in [0.15, 0.2) is 0 Å². The molecule has 3 N–H and O–H groups in total. The number of nitro benzene ring substituents is 1. The maximum absolute atomic E-state index is 12.0. The van der Waals surface area contributed by atoms with Crippen LogP contribution in [0.3, 0.4) is 0 Å². The van der Waals surface area contributed by atoms with Crippen LogP contribution in [0.1, 0.15) is 10.4 Å². The lowest BCUT2D eigenvalue weighted by Crippen LogP contribution is -2.13. The third-order valence-electron chi connectivity index (χ3n) is 2.59. The van der Waals surface area contributed by atoms with Gasteiger partial charge in [-0.15, -0.1) is 0 Å². The van der Waals surface area contributed by atoms with Gasteiger partial charge in [-0.3, -0.25) is 14.9 Å². The molecule has 1 amide bonds. The van der Waals surface area contributed by atoms with E-state index in [0.717, 1.165) is 4.47 Å². The highest BCUT2D eigenvalue weighted by Gasteiger charge is 2.11. The van der Waals surface area contributed by atoms with Crippen LogP contribution in [0.25, 0.3) is 0 Å². The number of hydrogen-bond donors (Lipinski definition) is 2. The van der Waals surface area contributed by atoms with Crippen LogP contribution in [-0.4, -0.2) is 10.8 Å². The summed E-state index contributed by atoms with van der Waals surface area (Å²) >= 11 is 3.26. The molecular formula is C13H10BrN3O3. The van der Waals surface area contributed by atoms with Crippen LogP contribution in [0, 0.1) is 10.1 Å². The number of non-ortho nitro benzene ring substituents is 1. The van der Waals surface area contributed by atoms with E-state index in [2.05, 4.69) is 21.2 Å². The number of nitrogens with one attached hydrogen (secondary N) is 1. The Morgan fingerprint density at radius 2 is 1.85 bits per heavy atom. The normalized spacial score (nSPS) is 10.1. The standard InChI is InChI=1S/C13H10BrN3O3/c14-8-1-6-11(12(15)7-8)13(18)16-9-2-4-10(5-3-9)17(19)20/h1-7H,15H2,(H,16,18). The minimum Gasteiger partial charge on any atom is -0.398 e. The highest BCUT2D eigenvalue weighted by molar-refractivity contribution is 9.10. The van der Waals surface area contributed by atoms with Crippen molar-refractivity contribution in [2.24, 2.45) is 0 Å². The molecule has 0 spiro atoms. The Morgan fingerprint density at radius 3 is 2.40 bits per heavy atom. The molecule has 0 saturated heterocycles. The van der Waals surface area contributed by atoms with E-state index in [1.165, 1.54) is 24.3 Å². The van der Waals surface area contributed by atoms with Crippen molar-refractivity contribution in [3.63, 3.8) is 0 Å². The zero-order chi connectivity index (χ0) is 14.7. The van der Waals surface area contributed by atoms with E-state index in [9.17, 15) is 14.9 Å². The topological polar surface area (TPSA) is 98.3 Å². The van der Waals surface area contributed by atoms with Crippen molar-refractivity contribution in [1.82, 2.24) is 0 Å². The number of nitrogens with two attached hydrogens (primary N) is 1. The van der Waals surface area contributed by atoms with Crippen molar-refractivity contribution in [2.75, 3.05) is 11.1 Å². The summed E-state index contributed by atoms with van der Waals surface area (Å²) in [7, 11) is 0. The fourth-order valence-corrected chi connectivity index (χ4v) is 1.98. The maximum Gasteiger partial charge on any atom is 0.269 e. The molecule has 2 aromatic rings. The van der Waals surface area contributed by atoms with Crippen LogP contribution in [-0.2, 0) is 0 Å². The Labute approximate surface area is 122 Å². The molecule has 0 aliphatic heterocycles. The number of carbonyl (C=O) groups is 1. The van der Waals surface area contributed by atoms with Crippen molar-refractivity contribution in [3.05, 3.63) is 62.6 Å². The number of anilines is 2. The summed E-state index contributed by atoms with van der Waals surface area (Å²) < 4.78 is 0.780. The summed E-state index contributed by atoms with van der Waals surface area (Å²) in [4.78, 5) is 22.1. The summed E-state index contributed by atoms with van der Waals surface area (Å²) in [6.07, 6.45) is 0. The second-order valence-electron chi connectivity index (χ2n) is 3.99. The number of nitrogens with zero attached hydrogens (tertiary/aromatic N) is 1. The quantitative estimate of drug-likeness (QED) is 0.511. The summed E-state index contributed by atoms with van der Waals surface area (Å²) in [6.45, 7) is 0. The lowest BCUT2D eigenvalue weighted by atomic mass is 10.1. The number of benzene rings is 2. The first-order valence-corrected chi connectivity index (χ1v) is 6.37. The van der Waals surface area contributed by atoms with Crippen molar-refractivity contribution < 1.29 is 9.72 Å². The van der Waals surface area contributed by atoms with Crippen LogP contribution < -0.4 is 11.1 Å². The molecule has 0 aliphatic carbocycles. The van der Waals surface area contributed by atoms with Gasteiger partial charge in [-0.1, -0.05) is 15.9 Å². The van der Waals surface area contributed by atoms with Gasteiger partial charge < -0.3 is 11.1 Å². The smallest absolute Gasteiger partial charge is 0.269 e. The molecule has 6 nitrogen and oxygen atoms in total. The number of amides is 1. The molecule has 20 heavy (non-hydrogen) atoms. The molecule has 2 rings (SSSR count). The molecule has 0 radical (unpaired) electrons. The van der Waals surface area contributed by atoms with Crippen LogP contribution in [0.5, 0.6) is 0 Å². The average Bonchev–Trinajstić information content (AvgIpc) is 2.39. The van der Waals surface area contributed by atoms with Gasteiger partial charge in [-0.2, -0.15) is 0 Å². The largest absolute Gasteiger partial charge is 0.398 e. The van der Waals surface area contributed by atoms with E-state index >= 15 is 0 Å². The van der Waals surface area contributed by atoms with Gasteiger partial charge in [-0.25, -0.2) is 0 Å². The summed E-state index contributed by atoms with van der Waals surface area (Å²) in [5.74, 6) is -0.371. The van der Waals surface area contributed by atoms with E-state index < -0.39 is 4.92 Å². The number of rotatable bonds is 3. The minimum atomic E-state index is -0.502. The number of carbonyl (C=O) groups excluding carboxylic acids is 1. The van der Waals surface area contributed by atoms with Gasteiger partial charge in [0.2, 0.25) is 0 Å². The van der Waals surface area contributed by atoms with Crippen molar-refractivity contribution in [1.29, 1.82) is 0 Å². The van der Waals surface area contributed by atoms with Gasteiger partial charge in [-0.05, 0) is 30.3 Å². The molecular weight excluding hydrogens is 326 g/mol. The van der Waals surface area contributed by atoms with Gasteiger partial charge >= 0.3 is 0 Å². The Kier molecular flexibility index (Phi) is 3.99. The molecule has 102 valence electrons. The van der Waals surface area contributed by atoms with Crippen LogP contribution >= 0.6 is 15.9 Å². The number of halogens is 1. The van der Waals surface area contributed by atoms with Crippen LogP contribution in [0.4, 0.5) is 17.1 Å². The highest BCUT2D eigenvalue weighted by atomic mass is 79.9. The second-order valence-corrected chi connectivity index (χ2v) is 4.91. The zero-order valence-electron chi connectivity index (χ0n) is 10.2. The first kappa shape index (κ1) is 14.0. The molecule has 0 atom stereocenters.